The zero-order chi connectivity index (χ0) is 14.0. The van der Waals surface area contributed by atoms with Crippen molar-refractivity contribution in [3.8, 4) is 0 Å². The molecule has 0 atom stereocenters. The van der Waals surface area contributed by atoms with Crippen molar-refractivity contribution in [2.75, 3.05) is 5.32 Å². The van der Waals surface area contributed by atoms with E-state index in [9.17, 15) is 9.18 Å². The van der Waals surface area contributed by atoms with Crippen LogP contribution in [-0.4, -0.2) is 10.9 Å². The van der Waals surface area contributed by atoms with E-state index >= 15 is 0 Å². The summed E-state index contributed by atoms with van der Waals surface area (Å²) in [5, 5.41) is 2.69. The lowest BCUT2D eigenvalue weighted by molar-refractivity contribution is 0.103. The van der Waals surface area contributed by atoms with E-state index in [0.29, 0.717) is 16.1 Å². The fraction of sp³-hybridized carbons (Fsp3) is 0.0769. The Morgan fingerprint density at radius 1 is 1.37 bits per heavy atom. The maximum absolute atomic E-state index is 13.1. The number of halogens is 1. The van der Waals surface area contributed by atoms with Crippen LogP contribution >= 0.6 is 23.6 Å². The van der Waals surface area contributed by atoms with E-state index in [0.717, 1.165) is 4.88 Å². The topological polar surface area (TPSA) is 55.1 Å². The third kappa shape index (κ3) is 3.15. The molecule has 0 aliphatic rings. The summed E-state index contributed by atoms with van der Waals surface area (Å²) in [5.41, 5.74) is 6.24. The Morgan fingerprint density at radius 2 is 2.11 bits per heavy atom. The minimum atomic E-state index is -0.451. The average molecular weight is 294 g/mol. The normalized spacial score (nSPS) is 10.2. The van der Waals surface area contributed by atoms with Crippen LogP contribution in [0, 0.1) is 12.7 Å². The number of carbonyl (C=O) groups excluding carboxylic acids is 1. The molecule has 1 aromatic carbocycles. The summed E-state index contributed by atoms with van der Waals surface area (Å²) in [6.45, 7) is 1.92. The first-order valence-electron chi connectivity index (χ1n) is 5.44. The third-order valence-electron chi connectivity index (χ3n) is 2.46. The number of hydrogen-bond acceptors (Lipinski definition) is 3. The SMILES string of the molecule is Cc1ccc(C(=O)Nc2ccc(F)cc2C(N)=S)s1. The van der Waals surface area contributed by atoms with Crippen LogP contribution in [0.5, 0.6) is 0 Å². The summed E-state index contributed by atoms with van der Waals surface area (Å²) in [6.07, 6.45) is 0. The molecule has 98 valence electrons. The lowest BCUT2D eigenvalue weighted by Gasteiger charge is -2.09. The van der Waals surface area contributed by atoms with Crippen molar-refractivity contribution in [2.24, 2.45) is 5.73 Å². The molecule has 0 aliphatic heterocycles. The maximum Gasteiger partial charge on any atom is 0.265 e. The van der Waals surface area contributed by atoms with Gasteiger partial charge < -0.3 is 11.1 Å². The van der Waals surface area contributed by atoms with Gasteiger partial charge in [0.15, 0.2) is 0 Å². The van der Waals surface area contributed by atoms with Gasteiger partial charge in [-0.05, 0) is 37.3 Å². The fourth-order valence-corrected chi connectivity index (χ4v) is 2.50. The zero-order valence-corrected chi connectivity index (χ0v) is 11.7. The van der Waals surface area contributed by atoms with E-state index in [2.05, 4.69) is 5.32 Å². The predicted octanol–water partition coefficient (Wildman–Crippen LogP) is 3.08. The number of thiocarbonyl (C=S) groups is 1. The quantitative estimate of drug-likeness (QED) is 0.855. The van der Waals surface area contributed by atoms with Gasteiger partial charge in [-0.2, -0.15) is 0 Å². The number of nitrogens with one attached hydrogen (secondary N) is 1. The maximum atomic E-state index is 13.1. The van der Waals surface area contributed by atoms with Gasteiger partial charge in [0.25, 0.3) is 5.91 Å². The Labute approximate surface area is 119 Å². The minimum absolute atomic E-state index is 0.0390. The van der Waals surface area contributed by atoms with E-state index in [1.807, 2.05) is 13.0 Å². The van der Waals surface area contributed by atoms with Crippen LogP contribution in [-0.2, 0) is 0 Å². The lowest BCUT2D eigenvalue weighted by atomic mass is 10.1. The van der Waals surface area contributed by atoms with Crippen molar-refractivity contribution >= 4 is 40.1 Å². The average Bonchev–Trinajstić information content (AvgIpc) is 2.78. The molecule has 0 radical (unpaired) electrons. The highest BCUT2D eigenvalue weighted by molar-refractivity contribution is 7.80. The van der Waals surface area contributed by atoms with E-state index < -0.39 is 5.82 Å². The molecule has 0 unspecified atom stereocenters. The van der Waals surface area contributed by atoms with Gasteiger partial charge in [-0.1, -0.05) is 12.2 Å². The standard InChI is InChI=1S/C13H11FN2OS2/c1-7-2-5-11(19-7)13(17)16-10-4-3-8(14)6-9(10)12(15)18/h2-6H,1H3,(H2,15,18)(H,16,17). The van der Waals surface area contributed by atoms with Gasteiger partial charge in [-0.25, -0.2) is 4.39 Å². The van der Waals surface area contributed by atoms with Crippen LogP contribution in [0.25, 0.3) is 0 Å². The molecule has 2 rings (SSSR count). The highest BCUT2D eigenvalue weighted by atomic mass is 32.1. The van der Waals surface area contributed by atoms with Gasteiger partial charge in [0.2, 0.25) is 0 Å². The van der Waals surface area contributed by atoms with Crippen LogP contribution in [0.1, 0.15) is 20.1 Å². The minimum Gasteiger partial charge on any atom is -0.389 e. The Bertz CT molecular complexity index is 652. The van der Waals surface area contributed by atoms with Crippen LogP contribution in [0.15, 0.2) is 30.3 Å². The molecular formula is C13H11FN2OS2. The van der Waals surface area contributed by atoms with Crippen molar-refractivity contribution in [2.45, 2.75) is 6.92 Å². The van der Waals surface area contributed by atoms with Crippen LogP contribution in [0.2, 0.25) is 0 Å². The first kappa shape index (κ1) is 13.6. The van der Waals surface area contributed by atoms with Crippen LogP contribution in [0.3, 0.4) is 0 Å². The van der Waals surface area contributed by atoms with E-state index in [1.165, 1.54) is 29.5 Å². The van der Waals surface area contributed by atoms with Gasteiger partial charge in [-0.15, -0.1) is 11.3 Å². The number of anilines is 1. The second-order valence-electron chi connectivity index (χ2n) is 3.92. The Kier molecular flexibility index (Phi) is 3.92. The highest BCUT2D eigenvalue weighted by Crippen LogP contribution is 2.20. The monoisotopic (exact) mass is 294 g/mol. The largest absolute Gasteiger partial charge is 0.389 e. The van der Waals surface area contributed by atoms with Crippen molar-refractivity contribution in [1.29, 1.82) is 0 Å². The summed E-state index contributed by atoms with van der Waals surface area (Å²) in [7, 11) is 0. The molecule has 0 saturated heterocycles. The van der Waals surface area contributed by atoms with Gasteiger partial charge in [-0.3, -0.25) is 4.79 Å². The molecule has 2 aromatic rings. The smallest absolute Gasteiger partial charge is 0.265 e. The van der Waals surface area contributed by atoms with Crippen molar-refractivity contribution in [3.63, 3.8) is 0 Å². The van der Waals surface area contributed by atoms with Crippen molar-refractivity contribution in [1.82, 2.24) is 0 Å². The molecule has 3 N–H and O–H groups in total. The van der Waals surface area contributed by atoms with E-state index in [1.54, 1.807) is 6.07 Å². The van der Waals surface area contributed by atoms with Gasteiger partial charge >= 0.3 is 0 Å². The van der Waals surface area contributed by atoms with E-state index in [4.69, 9.17) is 18.0 Å². The fourth-order valence-electron chi connectivity index (χ4n) is 1.57. The first-order valence-corrected chi connectivity index (χ1v) is 6.67. The van der Waals surface area contributed by atoms with Gasteiger partial charge in [0, 0.05) is 10.4 Å². The second-order valence-corrected chi connectivity index (χ2v) is 5.65. The number of amides is 1. The third-order valence-corrected chi connectivity index (χ3v) is 3.68. The summed E-state index contributed by atoms with van der Waals surface area (Å²) in [5.74, 6) is -0.713. The van der Waals surface area contributed by atoms with Gasteiger partial charge in [0.05, 0.1) is 10.6 Å². The molecule has 0 fully saturated rings. The number of nitrogens with two attached hydrogens (primary N) is 1. The molecule has 3 nitrogen and oxygen atoms in total. The molecule has 0 bridgehead atoms. The molecule has 1 heterocycles. The zero-order valence-electron chi connectivity index (χ0n) is 10.1. The van der Waals surface area contributed by atoms with Gasteiger partial charge in [0.1, 0.15) is 10.8 Å². The second kappa shape index (κ2) is 5.46. The Balaban J connectivity index is 2.28. The lowest BCUT2D eigenvalue weighted by Crippen LogP contribution is -2.17. The Morgan fingerprint density at radius 3 is 2.68 bits per heavy atom. The molecule has 0 saturated carbocycles. The molecule has 1 amide bonds. The molecule has 6 heteroatoms. The number of benzene rings is 1. The molecule has 19 heavy (non-hydrogen) atoms. The number of carbonyl (C=O) groups is 1. The van der Waals surface area contributed by atoms with E-state index in [-0.39, 0.29) is 10.9 Å². The number of rotatable bonds is 3. The number of hydrogen-bond donors (Lipinski definition) is 2. The summed E-state index contributed by atoms with van der Waals surface area (Å²) in [6, 6.07) is 7.49. The summed E-state index contributed by atoms with van der Waals surface area (Å²) < 4.78 is 13.1. The molecular weight excluding hydrogens is 283 g/mol. The summed E-state index contributed by atoms with van der Waals surface area (Å²) >= 11 is 6.23. The molecule has 0 aliphatic carbocycles. The van der Waals surface area contributed by atoms with Crippen molar-refractivity contribution < 1.29 is 9.18 Å². The highest BCUT2D eigenvalue weighted by Gasteiger charge is 2.12. The predicted molar refractivity (Wildman–Crippen MR) is 79.3 cm³/mol. The van der Waals surface area contributed by atoms with Crippen LogP contribution < -0.4 is 11.1 Å². The van der Waals surface area contributed by atoms with Crippen molar-refractivity contribution in [3.05, 3.63) is 51.5 Å². The molecule has 1 aromatic heterocycles. The Hall–Kier alpha value is -1.79. The summed E-state index contributed by atoms with van der Waals surface area (Å²) in [4.78, 5) is 13.7. The number of aryl methyl sites for hydroxylation is 1. The molecule has 0 spiro atoms. The van der Waals surface area contributed by atoms with Crippen LogP contribution in [0.4, 0.5) is 10.1 Å². The first-order chi connectivity index (χ1) is 8.97. The number of thiophene rings is 1.